The van der Waals surface area contributed by atoms with E-state index in [2.05, 4.69) is 25.3 Å². The molecule has 4 rings (SSSR count). The van der Waals surface area contributed by atoms with E-state index in [9.17, 15) is 9.59 Å². The van der Waals surface area contributed by atoms with Crippen molar-refractivity contribution >= 4 is 22.6 Å². The van der Waals surface area contributed by atoms with Crippen LogP contribution >= 0.6 is 0 Å². The van der Waals surface area contributed by atoms with Gasteiger partial charge in [-0.25, -0.2) is 9.78 Å². The van der Waals surface area contributed by atoms with E-state index >= 15 is 0 Å². The molecule has 0 spiro atoms. The lowest BCUT2D eigenvalue weighted by Crippen LogP contribution is -2.15. The molecular formula is C18H16N6O4. The molecule has 0 aliphatic heterocycles. The molecule has 10 nitrogen and oxygen atoms in total. The molecule has 0 saturated carbocycles. The standard InChI is InChI=1S/C18H16N6O4/c1-3-27-17-14(13-16(25)21-12-8-6-5-7-11(12)20-13)22-23-15-10(9-19-24(15)17)18(26)28-4-2/h5-9H,3-4H2,1-2H3,(H,21,25). The number of benzene rings is 1. The van der Waals surface area contributed by atoms with E-state index in [0.29, 0.717) is 11.0 Å². The first-order valence-corrected chi connectivity index (χ1v) is 8.67. The zero-order valence-electron chi connectivity index (χ0n) is 15.2. The van der Waals surface area contributed by atoms with Gasteiger partial charge in [0.15, 0.2) is 17.0 Å². The van der Waals surface area contributed by atoms with Gasteiger partial charge in [-0.1, -0.05) is 12.1 Å². The van der Waals surface area contributed by atoms with Crippen molar-refractivity contribution < 1.29 is 14.3 Å². The number of aromatic amines is 1. The van der Waals surface area contributed by atoms with Gasteiger partial charge in [0.25, 0.3) is 5.56 Å². The molecule has 1 N–H and O–H groups in total. The van der Waals surface area contributed by atoms with Crippen LogP contribution in [0.15, 0.2) is 35.3 Å². The summed E-state index contributed by atoms with van der Waals surface area (Å²) in [5, 5.41) is 12.3. The van der Waals surface area contributed by atoms with Crippen molar-refractivity contribution in [2.45, 2.75) is 13.8 Å². The van der Waals surface area contributed by atoms with Gasteiger partial charge in [0.2, 0.25) is 5.88 Å². The molecule has 0 unspecified atom stereocenters. The Balaban J connectivity index is 1.95. The molecule has 3 heterocycles. The molecule has 0 bridgehead atoms. The van der Waals surface area contributed by atoms with Gasteiger partial charge < -0.3 is 14.5 Å². The van der Waals surface area contributed by atoms with Gasteiger partial charge >= 0.3 is 5.97 Å². The van der Waals surface area contributed by atoms with Crippen LogP contribution in [0.25, 0.3) is 28.1 Å². The van der Waals surface area contributed by atoms with Crippen molar-refractivity contribution in [3.63, 3.8) is 0 Å². The number of rotatable bonds is 5. The van der Waals surface area contributed by atoms with Gasteiger partial charge in [-0.05, 0) is 26.0 Å². The van der Waals surface area contributed by atoms with Crippen molar-refractivity contribution in [3.8, 4) is 17.3 Å². The molecular weight excluding hydrogens is 364 g/mol. The molecule has 0 radical (unpaired) electrons. The maximum atomic E-state index is 12.6. The van der Waals surface area contributed by atoms with E-state index < -0.39 is 11.5 Å². The minimum Gasteiger partial charge on any atom is -0.476 e. The highest BCUT2D eigenvalue weighted by atomic mass is 16.5. The average Bonchev–Trinajstić information content (AvgIpc) is 3.13. The zero-order valence-corrected chi connectivity index (χ0v) is 15.2. The van der Waals surface area contributed by atoms with Crippen molar-refractivity contribution in [1.29, 1.82) is 0 Å². The Morgan fingerprint density at radius 2 is 1.96 bits per heavy atom. The van der Waals surface area contributed by atoms with Crippen LogP contribution in [0.5, 0.6) is 5.88 Å². The number of ether oxygens (including phenoxy) is 2. The summed E-state index contributed by atoms with van der Waals surface area (Å²) in [6.45, 7) is 3.99. The summed E-state index contributed by atoms with van der Waals surface area (Å²) in [7, 11) is 0. The second kappa shape index (κ2) is 7.06. The molecule has 142 valence electrons. The largest absolute Gasteiger partial charge is 0.476 e. The number of aromatic nitrogens is 6. The molecule has 4 aromatic rings. The van der Waals surface area contributed by atoms with E-state index in [1.165, 1.54) is 10.7 Å². The zero-order chi connectivity index (χ0) is 19.7. The number of nitrogens with zero attached hydrogens (tertiary/aromatic N) is 5. The normalized spacial score (nSPS) is 11.1. The summed E-state index contributed by atoms with van der Waals surface area (Å²) in [4.78, 5) is 31.8. The van der Waals surface area contributed by atoms with E-state index in [0.717, 1.165) is 0 Å². The molecule has 0 aliphatic carbocycles. The fourth-order valence-electron chi connectivity index (χ4n) is 2.79. The number of fused-ring (bicyclic) bond motifs is 2. The van der Waals surface area contributed by atoms with Gasteiger partial charge in [0, 0.05) is 0 Å². The van der Waals surface area contributed by atoms with Crippen LogP contribution < -0.4 is 10.3 Å². The van der Waals surface area contributed by atoms with E-state index in [-0.39, 0.29) is 41.7 Å². The Bertz CT molecular complexity index is 1250. The SMILES string of the molecule is CCOC(=O)c1cnn2c(OCC)c(-c3nc4ccccc4[nH]c3=O)nnc12. The first-order valence-electron chi connectivity index (χ1n) is 8.67. The van der Waals surface area contributed by atoms with Gasteiger partial charge in [0.1, 0.15) is 5.56 Å². The second-order valence-corrected chi connectivity index (χ2v) is 5.73. The Kier molecular flexibility index (Phi) is 4.44. The number of hydrogen-bond donors (Lipinski definition) is 1. The lowest BCUT2D eigenvalue weighted by molar-refractivity contribution is 0.0528. The van der Waals surface area contributed by atoms with Gasteiger partial charge in [0.05, 0.1) is 30.4 Å². The predicted octanol–water partition coefficient (Wildman–Crippen LogP) is 1.60. The summed E-state index contributed by atoms with van der Waals surface area (Å²) in [6, 6.07) is 7.14. The Morgan fingerprint density at radius 3 is 2.75 bits per heavy atom. The highest BCUT2D eigenvalue weighted by Gasteiger charge is 2.23. The number of H-pyrrole nitrogens is 1. The van der Waals surface area contributed by atoms with Crippen LogP contribution in [0.3, 0.4) is 0 Å². The number of esters is 1. The summed E-state index contributed by atoms with van der Waals surface area (Å²) >= 11 is 0. The first-order chi connectivity index (χ1) is 13.6. The lowest BCUT2D eigenvalue weighted by Gasteiger charge is -2.10. The lowest BCUT2D eigenvalue weighted by atomic mass is 10.2. The molecule has 0 saturated heterocycles. The molecule has 1 aromatic carbocycles. The smallest absolute Gasteiger partial charge is 0.343 e. The highest BCUT2D eigenvalue weighted by Crippen LogP contribution is 2.26. The summed E-state index contributed by atoms with van der Waals surface area (Å²) in [6.07, 6.45) is 1.33. The molecule has 10 heteroatoms. The van der Waals surface area contributed by atoms with E-state index in [1.54, 1.807) is 32.0 Å². The van der Waals surface area contributed by atoms with Crippen molar-refractivity contribution in [2.24, 2.45) is 0 Å². The minimum absolute atomic E-state index is 0.0461. The topological polar surface area (TPSA) is 124 Å². The molecule has 0 amide bonds. The maximum absolute atomic E-state index is 12.6. The Morgan fingerprint density at radius 1 is 1.14 bits per heavy atom. The van der Waals surface area contributed by atoms with E-state index in [4.69, 9.17) is 9.47 Å². The predicted molar refractivity (Wildman–Crippen MR) is 99.3 cm³/mol. The number of hydrogen-bond acceptors (Lipinski definition) is 8. The summed E-state index contributed by atoms with van der Waals surface area (Å²) < 4.78 is 12.0. The highest BCUT2D eigenvalue weighted by molar-refractivity contribution is 5.95. The fourth-order valence-corrected chi connectivity index (χ4v) is 2.79. The molecule has 0 fully saturated rings. The van der Waals surface area contributed by atoms with Crippen LogP contribution in [-0.2, 0) is 4.74 Å². The van der Waals surface area contributed by atoms with Gasteiger partial charge in [-0.15, -0.1) is 10.2 Å². The number of carbonyl (C=O) groups excluding carboxylic acids is 1. The van der Waals surface area contributed by atoms with Crippen LogP contribution in [0.1, 0.15) is 24.2 Å². The molecule has 0 atom stereocenters. The van der Waals surface area contributed by atoms with E-state index in [1.807, 2.05) is 6.07 Å². The van der Waals surface area contributed by atoms with Crippen LogP contribution in [0.2, 0.25) is 0 Å². The first kappa shape index (κ1) is 17.6. The average molecular weight is 380 g/mol. The molecule has 28 heavy (non-hydrogen) atoms. The summed E-state index contributed by atoms with van der Waals surface area (Å²) in [5.41, 5.74) is 1.25. The Labute approximate surface area is 158 Å². The second-order valence-electron chi connectivity index (χ2n) is 5.73. The third-order valence-corrected chi connectivity index (χ3v) is 3.98. The fraction of sp³-hybridized carbons (Fsp3) is 0.222. The van der Waals surface area contributed by atoms with Gasteiger partial charge in [-0.2, -0.15) is 9.61 Å². The molecule has 0 aliphatic rings. The van der Waals surface area contributed by atoms with Crippen molar-refractivity contribution in [2.75, 3.05) is 13.2 Å². The summed E-state index contributed by atoms with van der Waals surface area (Å²) in [5.74, 6) is -0.403. The third-order valence-electron chi connectivity index (χ3n) is 3.98. The number of carbonyl (C=O) groups is 1. The van der Waals surface area contributed by atoms with Crippen molar-refractivity contribution in [1.82, 2.24) is 29.8 Å². The monoisotopic (exact) mass is 380 g/mol. The van der Waals surface area contributed by atoms with Crippen LogP contribution in [0, 0.1) is 0 Å². The molecule has 3 aromatic heterocycles. The van der Waals surface area contributed by atoms with Crippen molar-refractivity contribution in [3.05, 3.63) is 46.4 Å². The number of nitrogens with one attached hydrogen (secondary N) is 1. The third kappa shape index (κ3) is 2.84. The minimum atomic E-state index is -0.566. The quantitative estimate of drug-likeness (QED) is 0.518. The number of para-hydroxylation sites is 2. The van der Waals surface area contributed by atoms with Crippen LogP contribution in [0.4, 0.5) is 0 Å². The van der Waals surface area contributed by atoms with Crippen LogP contribution in [-0.4, -0.2) is 49.0 Å². The van der Waals surface area contributed by atoms with Gasteiger partial charge in [-0.3, -0.25) is 4.79 Å². The maximum Gasteiger partial charge on any atom is 0.343 e. The Hall–Kier alpha value is -3.82.